The van der Waals surface area contributed by atoms with Crippen molar-refractivity contribution in [1.29, 1.82) is 0 Å². The fraction of sp³-hybridized carbons (Fsp3) is 0.0556. The summed E-state index contributed by atoms with van der Waals surface area (Å²) in [5, 5.41) is 4.01. The Morgan fingerprint density at radius 1 is 1.00 bits per heavy atom. The van der Waals surface area contributed by atoms with E-state index < -0.39 is 11.9 Å². The predicted octanol–water partition coefficient (Wildman–Crippen LogP) is 3.68. The van der Waals surface area contributed by atoms with Gasteiger partial charge in [-0.25, -0.2) is 14.5 Å². The standard InChI is InChI=1S/C18H10F3N5O/c19-18(20,21)15-5-1-4-14(24-15)16-12(3-2-7-22-16)13-6-8-26-17(25-13)11(10-27)9-23-26/h1-10H. The van der Waals surface area contributed by atoms with Crippen molar-refractivity contribution in [3.8, 4) is 22.6 Å². The van der Waals surface area contributed by atoms with Crippen molar-refractivity contribution in [2.45, 2.75) is 6.18 Å². The lowest BCUT2D eigenvalue weighted by Gasteiger charge is -2.10. The zero-order valence-electron chi connectivity index (χ0n) is 13.6. The summed E-state index contributed by atoms with van der Waals surface area (Å²) >= 11 is 0. The molecule has 0 bridgehead atoms. The number of alkyl halides is 3. The van der Waals surface area contributed by atoms with E-state index in [-0.39, 0.29) is 11.4 Å². The Kier molecular flexibility index (Phi) is 3.91. The molecule has 0 saturated heterocycles. The molecular weight excluding hydrogens is 359 g/mol. The van der Waals surface area contributed by atoms with Crippen LogP contribution in [-0.2, 0) is 6.18 Å². The molecule has 4 aromatic rings. The summed E-state index contributed by atoms with van der Waals surface area (Å²) in [4.78, 5) is 23.4. The minimum atomic E-state index is -4.56. The number of nitrogens with zero attached hydrogens (tertiary/aromatic N) is 5. The van der Waals surface area contributed by atoms with Gasteiger partial charge < -0.3 is 0 Å². The van der Waals surface area contributed by atoms with E-state index in [4.69, 9.17) is 0 Å². The number of carbonyl (C=O) groups is 1. The lowest BCUT2D eigenvalue weighted by Crippen LogP contribution is -2.08. The molecule has 0 aliphatic carbocycles. The maximum Gasteiger partial charge on any atom is 0.433 e. The van der Waals surface area contributed by atoms with Crippen LogP contribution in [0.25, 0.3) is 28.3 Å². The van der Waals surface area contributed by atoms with Gasteiger partial charge in [-0.2, -0.15) is 18.3 Å². The molecule has 0 saturated carbocycles. The second-order valence-corrected chi connectivity index (χ2v) is 5.60. The van der Waals surface area contributed by atoms with Gasteiger partial charge in [-0.05, 0) is 30.3 Å². The summed E-state index contributed by atoms with van der Waals surface area (Å²) in [6.45, 7) is 0. The highest BCUT2D eigenvalue weighted by atomic mass is 19.4. The molecular formula is C18H10F3N5O. The first-order chi connectivity index (χ1) is 13.0. The van der Waals surface area contributed by atoms with Gasteiger partial charge >= 0.3 is 6.18 Å². The summed E-state index contributed by atoms with van der Waals surface area (Å²) in [5.74, 6) is 0. The predicted molar refractivity (Wildman–Crippen MR) is 89.8 cm³/mol. The lowest BCUT2D eigenvalue weighted by atomic mass is 10.1. The average Bonchev–Trinajstić information content (AvgIpc) is 3.10. The second-order valence-electron chi connectivity index (χ2n) is 5.60. The minimum Gasteiger partial charge on any atom is -0.298 e. The Hall–Kier alpha value is -3.62. The highest BCUT2D eigenvalue weighted by Crippen LogP contribution is 2.32. The van der Waals surface area contributed by atoms with Gasteiger partial charge in [-0.15, -0.1) is 0 Å². The number of hydrogen-bond donors (Lipinski definition) is 0. The molecule has 0 fully saturated rings. The van der Waals surface area contributed by atoms with Crippen molar-refractivity contribution < 1.29 is 18.0 Å². The van der Waals surface area contributed by atoms with Crippen molar-refractivity contribution in [2.24, 2.45) is 0 Å². The molecule has 6 nitrogen and oxygen atoms in total. The highest BCUT2D eigenvalue weighted by Gasteiger charge is 2.32. The summed E-state index contributed by atoms with van der Waals surface area (Å²) in [6, 6.07) is 8.61. The maximum absolute atomic E-state index is 13.0. The van der Waals surface area contributed by atoms with Gasteiger partial charge in [0.1, 0.15) is 5.69 Å². The van der Waals surface area contributed by atoms with Gasteiger partial charge in [-0.3, -0.25) is 9.78 Å². The molecule has 4 aromatic heterocycles. The fourth-order valence-corrected chi connectivity index (χ4v) is 2.66. The molecule has 0 aromatic carbocycles. The normalized spacial score (nSPS) is 11.7. The summed E-state index contributed by atoms with van der Waals surface area (Å²) < 4.78 is 40.4. The summed E-state index contributed by atoms with van der Waals surface area (Å²) in [5.41, 5.74) is 0.907. The largest absolute Gasteiger partial charge is 0.433 e. The molecule has 0 atom stereocenters. The maximum atomic E-state index is 13.0. The van der Waals surface area contributed by atoms with Crippen LogP contribution in [0.15, 0.2) is 55.0 Å². The van der Waals surface area contributed by atoms with Crippen LogP contribution >= 0.6 is 0 Å². The van der Waals surface area contributed by atoms with Gasteiger partial charge in [0.15, 0.2) is 11.9 Å². The number of carbonyl (C=O) groups excluding carboxylic acids is 1. The Bertz CT molecular complexity index is 1150. The first-order valence-corrected chi connectivity index (χ1v) is 7.77. The van der Waals surface area contributed by atoms with Crippen LogP contribution in [0.2, 0.25) is 0 Å². The van der Waals surface area contributed by atoms with Crippen LogP contribution in [0.1, 0.15) is 16.1 Å². The number of fused-ring (bicyclic) bond motifs is 1. The van der Waals surface area contributed by atoms with E-state index in [1.807, 2.05) is 0 Å². The Balaban J connectivity index is 1.89. The van der Waals surface area contributed by atoms with Crippen molar-refractivity contribution in [2.75, 3.05) is 0 Å². The third kappa shape index (κ3) is 3.03. The highest BCUT2D eigenvalue weighted by molar-refractivity contribution is 5.85. The fourth-order valence-electron chi connectivity index (χ4n) is 2.66. The molecule has 4 heterocycles. The van der Waals surface area contributed by atoms with Gasteiger partial charge in [0.2, 0.25) is 0 Å². The smallest absolute Gasteiger partial charge is 0.298 e. The third-order valence-corrected chi connectivity index (χ3v) is 3.89. The molecule has 0 amide bonds. The molecule has 0 radical (unpaired) electrons. The molecule has 27 heavy (non-hydrogen) atoms. The van der Waals surface area contributed by atoms with E-state index in [0.29, 0.717) is 28.8 Å². The number of rotatable bonds is 3. The van der Waals surface area contributed by atoms with Crippen LogP contribution in [-0.4, -0.2) is 30.9 Å². The van der Waals surface area contributed by atoms with E-state index in [1.54, 1.807) is 24.4 Å². The van der Waals surface area contributed by atoms with Gasteiger partial charge in [0.05, 0.1) is 28.8 Å². The van der Waals surface area contributed by atoms with Gasteiger partial charge in [-0.1, -0.05) is 6.07 Å². The van der Waals surface area contributed by atoms with Crippen LogP contribution in [0.3, 0.4) is 0 Å². The molecule has 134 valence electrons. The Morgan fingerprint density at radius 2 is 1.85 bits per heavy atom. The molecule has 0 unspecified atom stereocenters. The Labute approximate surface area is 150 Å². The molecule has 0 N–H and O–H groups in total. The molecule has 0 aliphatic rings. The topological polar surface area (TPSA) is 73.0 Å². The zero-order valence-corrected chi connectivity index (χ0v) is 13.6. The molecule has 0 aliphatic heterocycles. The van der Waals surface area contributed by atoms with E-state index in [0.717, 1.165) is 6.07 Å². The van der Waals surface area contributed by atoms with Crippen LogP contribution < -0.4 is 0 Å². The quantitative estimate of drug-likeness (QED) is 0.515. The average molecular weight is 369 g/mol. The molecule has 9 heteroatoms. The lowest BCUT2D eigenvalue weighted by molar-refractivity contribution is -0.141. The van der Waals surface area contributed by atoms with Crippen molar-refractivity contribution in [3.05, 3.63) is 66.2 Å². The van der Waals surface area contributed by atoms with Crippen LogP contribution in [0.5, 0.6) is 0 Å². The zero-order chi connectivity index (χ0) is 19.0. The minimum absolute atomic E-state index is 0.0752. The number of pyridine rings is 2. The third-order valence-electron chi connectivity index (χ3n) is 3.89. The van der Waals surface area contributed by atoms with Gasteiger partial charge in [0, 0.05) is 18.0 Å². The van der Waals surface area contributed by atoms with E-state index in [2.05, 4.69) is 20.1 Å². The SMILES string of the molecule is O=Cc1cnn2ccc(-c3cccnc3-c3cccc(C(F)(F)F)n3)nc12. The van der Waals surface area contributed by atoms with Crippen molar-refractivity contribution >= 4 is 11.9 Å². The molecule has 4 rings (SSSR count). The number of halogens is 3. The Morgan fingerprint density at radius 3 is 2.63 bits per heavy atom. The summed E-state index contributed by atoms with van der Waals surface area (Å²) in [7, 11) is 0. The van der Waals surface area contributed by atoms with E-state index in [1.165, 1.54) is 29.0 Å². The van der Waals surface area contributed by atoms with Crippen LogP contribution in [0.4, 0.5) is 13.2 Å². The van der Waals surface area contributed by atoms with Crippen molar-refractivity contribution in [3.63, 3.8) is 0 Å². The summed E-state index contributed by atoms with van der Waals surface area (Å²) in [6.07, 6.45) is 0.545. The second kappa shape index (κ2) is 6.27. The van der Waals surface area contributed by atoms with Crippen LogP contribution in [0, 0.1) is 0 Å². The van der Waals surface area contributed by atoms with Crippen molar-refractivity contribution in [1.82, 2.24) is 24.6 Å². The monoisotopic (exact) mass is 369 g/mol. The van der Waals surface area contributed by atoms with E-state index >= 15 is 0 Å². The number of hydrogen-bond acceptors (Lipinski definition) is 5. The first-order valence-electron chi connectivity index (χ1n) is 7.77. The van der Waals surface area contributed by atoms with E-state index in [9.17, 15) is 18.0 Å². The number of aromatic nitrogens is 5. The molecule has 0 spiro atoms. The van der Waals surface area contributed by atoms with Gasteiger partial charge in [0.25, 0.3) is 0 Å². The number of aldehydes is 1. The first kappa shape index (κ1) is 16.8.